The number of hydrogen-bond donors (Lipinski definition) is 3. The average Bonchev–Trinajstić information content (AvgIpc) is 3.18. The zero-order valence-corrected chi connectivity index (χ0v) is 30.1. The third kappa shape index (κ3) is 10.5. The van der Waals surface area contributed by atoms with Crippen LogP contribution in [-0.4, -0.2) is 38.5 Å². The summed E-state index contributed by atoms with van der Waals surface area (Å²) in [7, 11) is 3.07. The molecule has 0 spiro atoms. The standard InChI is InChI=1S/C42H41N3O6S/c1-4-5-26-51-34-22-17-32(18-23-34)44-42(48)39(29-12-8-6-9-13-29)52-36-24-19-33(20-25-36)43-41(47)37(45-40(46)30-14-10-7-11-15-30)27-31-16-21-35(49-2)28-38(31)50-3/h6-25,27-28,39H,4-5,26H2,1-3H3,(H,43,47)(H,44,48)(H,45,46)/b37-27-. The number of anilines is 2. The van der Waals surface area contributed by atoms with E-state index < -0.39 is 17.1 Å². The van der Waals surface area contributed by atoms with E-state index in [1.54, 1.807) is 67.8 Å². The average molecular weight is 716 g/mol. The fraction of sp³-hybridized carbons (Fsp3) is 0.167. The van der Waals surface area contributed by atoms with Crippen molar-refractivity contribution >= 4 is 46.9 Å². The predicted octanol–water partition coefficient (Wildman–Crippen LogP) is 8.76. The van der Waals surface area contributed by atoms with Crippen LogP contribution in [0.25, 0.3) is 6.08 Å². The van der Waals surface area contributed by atoms with E-state index in [1.807, 2.05) is 72.8 Å². The van der Waals surface area contributed by atoms with Crippen molar-refractivity contribution in [1.29, 1.82) is 0 Å². The van der Waals surface area contributed by atoms with Crippen LogP contribution in [0, 0.1) is 0 Å². The number of unbranched alkanes of at least 4 members (excludes halogenated alkanes) is 1. The normalized spacial score (nSPS) is 11.6. The van der Waals surface area contributed by atoms with Gasteiger partial charge in [-0.15, -0.1) is 11.8 Å². The minimum absolute atomic E-state index is 0.0112. The van der Waals surface area contributed by atoms with E-state index >= 15 is 0 Å². The van der Waals surface area contributed by atoms with Crippen LogP contribution in [0.4, 0.5) is 11.4 Å². The number of hydrogen-bond acceptors (Lipinski definition) is 7. The molecule has 0 radical (unpaired) electrons. The van der Waals surface area contributed by atoms with Gasteiger partial charge in [0.05, 0.1) is 20.8 Å². The van der Waals surface area contributed by atoms with Gasteiger partial charge in [0.25, 0.3) is 11.8 Å². The summed E-state index contributed by atoms with van der Waals surface area (Å²) in [5, 5.41) is 8.12. The molecule has 0 fully saturated rings. The Morgan fingerprint density at radius 2 is 1.37 bits per heavy atom. The smallest absolute Gasteiger partial charge is 0.272 e. The molecule has 0 heterocycles. The Kier molecular flexibility index (Phi) is 13.5. The Morgan fingerprint density at radius 3 is 2.02 bits per heavy atom. The summed E-state index contributed by atoms with van der Waals surface area (Å²) in [6.45, 7) is 2.77. The predicted molar refractivity (Wildman–Crippen MR) is 207 cm³/mol. The highest BCUT2D eigenvalue weighted by atomic mass is 32.2. The SMILES string of the molecule is CCCCOc1ccc(NC(=O)C(Sc2ccc(NC(=O)/C(=C/c3ccc(OC)cc3OC)NC(=O)c3ccccc3)cc2)c2ccccc2)cc1. The summed E-state index contributed by atoms with van der Waals surface area (Å²) in [6, 6.07) is 37.9. The summed E-state index contributed by atoms with van der Waals surface area (Å²) in [5.41, 5.74) is 2.99. The lowest BCUT2D eigenvalue weighted by molar-refractivity contribution is -0.116. The molecule has 5 aromatic carbocycles. The Balaban J connectivity index is 1.32. The maximum Gasteiger partial charge on any atom is 0.272 e. The number of rotatable bonds is 16. The second-order valence-electron chi connectivity index (χ2n) is 11.6. The minimum atomic E-state index is -0.552. The van der Waals surface area contributed by atoms with Crippen LogP contribution in [0.5, 0.6) is 17.2 Å². The van der Waals surface area contributed by atoms with Crippen LogP contribution in [0.15, 0.2) is 138 Å². The molecule has 0 aliphatic carbocycles. The lowest BCUT2D eigenvalue weighted by atomic mass is 10.1. The minimum Gasteiger partial charge on any atom is -0.497 e. The van der Waals surface area contributed by atoms with Crippen LogP contribution in [0.2, 0.25) is 0 Å². The molecule has 9 nitrogen and oxygen atoms in total. The number of methoxy groups -OCH3 is 2. The highest BCUT2D eigenvalue weighted by molar-refractivity contribution is 8.00. The lowest BCUT2D eigenvalue weighted by Crippen LogP contribution is -2.30. The maximum atomic E-state index is 13.7. The number of carbonyl (C=O) groups excluding carboxylic acids is 3. The fourth-order valence-electron chi connectivity index (χ4n) is 5.06. The monoisotopic (exact) mass is 715 g/mol. The van der Waals surface area contributed by atoms with Gasteiger partial charge in [-0.2, -0.15) is 0 Å². The molecule has 0 bridgehead atoms. The van der Waals surface area contributed by atoms with Crippen LogP contribution < -0.4 is 30.2 Å². The largest absolute Gasteiger partial charge is 0.497 e. The Hall–Kier alpha value is -6.00. The van der Waals surface area contributed by atoms with Gasteiger partial charge in [-0.1, -0.05) is 61.9 Å². The molecule has 0 aromatic heterocycles. The van der Waals surface area contributed by atoms with Crippen molar-refractivity contribution in [3.05, 3.63) is 150 Å². The molecule has 3 amide bonds. The van der Waals surface area contributed by atoms with E-state index in [1.165, 1.54) is 18.9 Å². The molecule has 0 aliphatic rings. The molecule has 0 saturated heterocycles. The summed E-state index contributed by atoms with van der Waals surface area (Å²) in [4.78, 5) is 41.3. The van der Waals surface area contributed by atoms with Crippen LogP contribution in [-0.2, 0) is 9.59 Å². The Bertz CT molecular complexity index is 1970. The molecule has 3 N–H and O–H groups in total. The van der Waals surface area contributed by atoms with Crippen molar-refractivity contribution in [1.82, 2.24) is 5.32 Å². The van der Waals surface area contributed by atoms with E-state index in [4.69, 9.17) is 14.2 Å². The number of amides is 3. The maximum absolute atomic E-state index is 13.7. The number of carbonyl (C=O) groups is 3. The number of nitrogens with one attached hydrogen (secondary N) is 3. The van der Waals surface area contributed by atoms with Crippen molar-refractivity contribution in [2.24, 2.45) is 0 Å². The summed E-state index contributed by atoms with van der Waals surface area (Å²) in [5.74, 6) is 0.652. The van der Waals surface area contributed by atoms with Crippen molar-refractivity contribution in [2.75, 3.05) is 31.5 Å². The molecular weight excluding hydrogens is 675 g/mol. The topological polar surface area (TPSA) is 115 Å². The van der Waals surface area contributed by atoms with E-state index in [2.05, 4.69) is 22.9 Å². The molecule has 52 heavy (non-hydrogen) atoms. The molecule has 10 heteroatoms. The van der Waals surface area contributed by atoms with Crippen molar-refractivity contribution in [3.8, 4) is 17.2 Å². The third-order valence-electron chi connectivity index (χ3n) is 7.86. The molecular formula is C42H41N3O6S. The van der Waals surface area contributed by atoms with Gasteiger partial charge in [0, 0.05) is 33.5 Å². The highest BCUT2D eigenvalue weighted by Crippen LogP contribution is 2.37. The molecule has 266 valence electrons. The molecule has 0 aliphatic heterocycles. The van der Waals surface area contributed by atoms with Crippen molar-refractivity contribution in [3.63, 3.8) is 0 Å². The van der Waals surface area contributed by atoms with Gasteiger partial charge in [0.1, 0.15) is 28.2 Å². The quantitative estimate of drug-likeness (QED) is 0.0532. The van der Waals surface area contributed by atoms with Crippen LogP contribution in [0.1, 0.15) is 46.5 Å². The fourth-order valence-corrected chi connectivity index (χ4v) is 6.09. The van der Waals surface area contributed by atoms with E-state index in [0.717, 1.165) is 29.1 Å². The van der Waals surface area contributed by atoms with Crippen molar-refractivity contribution in [2.45, 2.75) is 29.9 Å². The number of ether oxygens (including phenoxy) is 3. The van der Waals surface area contributed by atoms with E-state index in [9.17, 15) is 14.4 Å². The molecule has 1 unspecified atom stereocenters. The summed E-state index contributed by atoms with van der Waals surface area (Å²) >= 11 is 1.39. The first kappa shape index (κ1) is 37.3. The zero-order valence-electron chi connectivity index (χ0n) is 29.3. The van der Waals surface area contributed by atoms with E-state index in [0.29, 0.717) is 40.6 Å². The number of benzene rings is 5. The van der Waals surface area contributed by atoms with Gasteiger partial charge in [0.2, 0.25) is 5.91 Å². The zero-order chi connectivity index (χ0) is 36.7. The van der Waals surface area contributed by atoms with Gasteiger partial charge < -0.3 is 30.2 Å². The first-order valence-electron chi connectivity index (χ1n) is 16.8. The van der Waals surface area contributed by atoms with E-state index in [-0.39, 0.29) is 11.6 Å². The Morgan fingerprint density at radius 1 is 0.731 bits per heavy atom. The van der Waals surface area contributed by atoms with Gasteiger partial charge in [-0.25, -0.2) is 0 Å². The Labute approximate surface area is 308 Å². The van der Waals surface area contributed by atoms with Crippen LogP contribution >= 0.6 is 11.8 Å². The third-order valence-corrected chi connectivity index (χ3v) is 9.13. The van der Waals surface area contributed by atoms with Gasteiger partial charge in [-0.3, -0.25) is 14.4 Å². The summed E-state index contributed by atoms with van der Waals surface area (Å²) < 4.78 is 16.6. The van der Waals surface area contributed by atoms with Gasteiger partial charge in [-0.05, 0) is 90.9 Å². The highest BCUT2D eigenvalue weighted by Gasteiger charge is 2.23. The molecule has 0 saturated carbocycles. The molecule has 5 aromatic rings. The summed E-state index contributed by atoms with van der Waals surface area (Å²) in [6.07, 6.45) is 3.58. The van der Waals surface area contributed by atoms with Crippen LogP contribution in [0.3, 0.4) is 0 Å². The van der Waals surface area contributed by atoms with Gasteiger partial charge in [0.15, 0.2) is 0 Å². The second kappa shape index (κ2) is 18.8. The van der Waals surface area contributed by atoms with Crippen molar-refractivity contribution < 1.29 is 28.6 Å². The number of thioether (sulfide) groups is 1. The first-order chi connectivity index (χ1) is 25.4. The molecule has 1 atom stereocenters. The second-order valence-corrected chi connectivity index (χ2v) is 12.8. The van der Waals surface area contributed by atoms with Gasteiger partial charge >= 0.3 is 0 Å². The molecule has 5 rings (SSSR count). The first-order valence-corrected chi connectivity index (χ1v) is 17.7. The lowest BCUT2D eigenvalue weighted by Gasteiger charge is -2.18.